The number of halogens is 1. The second-order valence-electron chi connectivity index (χ2n) is 4.80. The van der Waals surface area contributed by atoms with Gasteiger partial charge in [0.25, 0.3) is 15.7 Å². The van der Waals surface area contributed by atoms with Gasteiger partial charge in [-0.2, -0.15) is 0 Å². The molecule has 0 bridgehead atoms. The summed E-state index contributed by atoms with van der Waals surface area (Å²) in [6.07, 6.45) is 0. The molecule has 0 saturated carbocycles. The largest absolute Gasteiger partial charge is 0.269 e. The Hall–Kier alpha value is -2.12. The highest BCUT2D eigenvalue weighted by Crippen LogP contribution is 2.31. The van der Waals surface area contributed by atoms with Crippen LogP contribution < -0.4 is 4.31 Å². The molecule has 122 valence electrons. The molecule has 0 N–H and O–H groups in total. The third kappa shape index (κ3) is 3.30. The van der Waals surface area contributed by atoms with Gasteiger partial charge in [0.1, 0.15) is 0 Å². The van der Waals surface area contributed by atoms with Crippen molar-refractivity contribution in [3.63, 3.8) is 0 Å². The first-order valence-electron chi connectivity index (χ1n) is 6.81. The van der Waals surface area contributed by atoms with Crippen LogP contribution in [-0.2, 0) is 10.0 Å². The van der Waals surface area contributed by atoms with Crippen molar-refractivity contribution < 1.29 is 13.3 Å². The van der Waals surface area contributed by atoms with Crippen LogP contribution in [0.25, 0.3) is 0 Å². The fourth-order valence-electron chi connectivity index (χ4n) is 2.20. The van der Waals surface area contributed by atoms with Crippen molar-refractivity contribution in [2.24, 2.45) is 0 Å². The van der Waals surface area contributed by atoms with E-state index < -0.39 is 14.9 Å². The van der Waals surface area contributed by atoms with Crippen LogP contribution in [0.4, 0.5) is 11.4 Å². The summed E-state index contributed by atoms with van der Waals surface area (Å²) in [5, 5.41) is 11.2. The van der Waals surface area contributed by atoms with Gasteiger partial charge in [0.05, 0.1) is 15.5 Å². The van der Waals surface area contributed by atoms with Crippen molar-refractivity contribution >= 4 is 33.0 Å². The molecule has 0 aliphatic carbocycles. The molecule has 0 unspecified atom stereocenters. The van der Waals surface area contributed by atoms with E-state index in [1.54, 1.807) is 32.0 Å². The van der Waals surface area contributed by atoms with Crippen LogP contribution >= 0.6 is 11.6 Å². The number of rotatable bonds is 5. The van der Waals surface area contributed by atoms with Gasteiger partial charge in [-0.15, -0.1) is 0 Å². The predicted octanol–water partition coefficient (Wildman–Crippen LogP) is 3.77. The molecule has 0 aliphatic heterocycles. The lowest BCUT2D eigenvalue weighted by molar-refractivity contribution is -0.384. The summed E-state index contributed by atoms with van der Waals surface area (Å²) in [5.74, 6) is 0. The minimum atomic E-state index is -3.83. The van der Waals surface area contributed by atoms with E-state index in [1.165, 1.54) is 28.6 Å². The average molecular weight is 355 g/mol. The van der Waals surface area contributed by atoms with Crippen molar-refractivity contribution in [2.45, 2.75) is 18.7 Å². The number of nitro benzene ring substituents is 1. The molecular weight excluding hydrogens is 340 g/mol. The van der Waals surface area contributed by atoms with Gasteiger partial charge in [0, 0.05) is 23.7 Å². The lowest BCUT2D eigenvalue weighted by atomic mass is 10.2. The first-order chi connectivity index (χ1) is 10.8. The van der Waals surface area contributed by atoms with Gasteiger partial charge in [-0.05, 0) is 43.7 Å². The van der Waals surface area contributed by atoms with E-state index in [-0.39, 0.29) is 17.1 Å². The molecule has 0 aromatic heterocycles. The summed E-state index contributed by atoms with van der Waals surface area (Å²) in [5.41, 5.74) is 0.978. The normalized spacial score (nSPS) is 11.3. The Bertz CT molecular complexity index is 835. The molecule has 0 radical (unpaired) electrons. The zero-order valence-corrected chi connectivity index (χ0v) is 14.1. The maximum absolute atomic E-state index is 12.8. The lowest BCUT2D eigenvalue weighted by Crippen LogP contribution is -2.31. The highest BCUT2D eigenvalue weighted by atomic mass is 35.5. The zero-order valence-electron chi connectivity index (χ0n) is 12.6. The van der Waals surface area contributed by atoms with Gasteiger partial charge in [-0.1, -0.05) is 17.7 Å². The molecule has 0 atom stereocenters. The molecule has 8 heteroatoms. The predicted molar refractivity (Wildman–Crippen MR) is 89.5 cm³/mol. The fourth-order valence-corrected chi connectivity index (χ4v) is 3.90. The summed E-state index contributed by atoms with van der Waals surface area (Å²) in [6.45, 7) is 3.66. The topological polar surface area (TPSA) is 80.5 Å². The number of nitro groups is 1. The Morgan fingerprint density at radius 3 is 2.30 bits per heavy atom. The molecular formula is C15H15ClN2O4S. The summed E-state index contributed by atoms with van der Waals surface area (Å²) < 4.78 is 26.9. The van der Waals surface area contributed by atoms with Crippen LogP contribution in [-0.4, -0.2) is 19.9 Å². The van der Waals surface area contributed by atoms with Gasteiger partial charge in [-0.3, -0.25) is 14.4 Å². The number of hydrogen-bond donors (Lipinski definition) is 0. The molecule has 0 spiro atoms. The number of benzene rings is 2. The van der Waals surface area contributed by atoms with Gasteiger partial charge in [0.2, 0.25) is 0 Å². The van der Waals surface area contributed by atoms with Crippen LogP contribution in [0.5, 0.6) is 0 Å². The summed E-state index contributed by atoms with van der Waals surface area (Å²) in [4.78, 5) is 10.1. The van der Waals surface area contributed by atoms with Crippen LogP contribution in [0.2, 0.25) is 5.02 Å². The minimum absolute atomic E-state index is 0.00988. The number of non-ortho nitro benzene ring substituents is 1. The van der Waals surface area contributed by atoms with Gasteiger partial charge >= 0.3 is 0 Å². The van der Waals surface area contributed by atoms with Crippen molar-refractivity contribution in [2.75, 3.05) is 10.8 Å². The number of hydrogen-bond acceptors (Lipinski definition) is 4. The lowest BCUT2D eigenvalue weighted by Gasteiger charge is -2.25. The average Bonchev–Trinajstić information content (AvgIpc) is 2.52. The first kappa shape index (κ1) is 17.2. The minimum Gasteiger partial charge on any atom is -0.266 e. The third-order valence-corrected chi connectivity index (χ3v) is 5.74. The summed E-state index contributed by atoms with van der Waals surface area (Å²) in [6, 6.07) is 9.85. The second-order valence-corrected chi connectivity index (χ2v) is 7.07. The molecule has 6 nitrogen and oxygen atoms in total. The van der Waals surface area contributed by atoms with E-state index in [0.717, 1.165) is 0 Å². The van der Waals surface area contributed by atoms with Crippen LogP contribution in [0.3, 0.4) is 0 Å². The van der Waals surface area contributed by atoms with Gasteiger partial charge in [0.15, 0.2) is 0 Å². The van der Waals surface area contributed by atoms with Crippen molar-refractivity contribution in [3.8, 4) is 0 Å². The van der Waals surface area contributed by atoms with Crippen molar-refractivity contribution in [1.82, 2.24) is 0 Å². The quantitative estimate of drug-likeness (QED) is 0.604. The van der Waals surface area contributed by atoms with Crippen LogP contribution in [0.15, 0.2) is 47.4 Å². The number of nitrogens with zero attached hydrogens (tertiary/aromatic N) is 2. The second kappa shape index (κ2) is 6.55. The molecule has 0 aliphatic rings. The van der Waals surface area contributed by atoms with E-state index in [0.29, 0.717) is 16.3 Å². The SMILES string of the molecule is CCN(c1cccc(Cl)c1C)S(=O)(=O)c1ccc([N+](=O)[O-])cc1. The molecule has 2 aromatic rings. The standard InChI is InChI=1S/C15H15ClN2O4S/c1-3-17(15-6-4-5-14(16)11(15)2)23(21,22)13-9-7-12(8-10-13)18(19)20/h4-10H,3H2,1-2H3. The Labute approximate surface area is 139 Å². The number of sulfonamides is 1. The monoisotopic (exact) mass is 354 g/mol. The van der Waals surface area contributed by atoms with Crippen molar-refractivity contribution in [1.29, 1.82) is 0 Å². The van der Waals surface area contributed by atoms with Crippen LogP contribution in [0.1, 0.15) is 12.5 Å². The Balaban J connectivity index is 2.51. The Morgan fingerprint density at radius 2 is 1.78 bits per heavy atom. The first-order valence-corrected chi connectivity index (χ1v) is 8.63. The highest BCUT2D eigenvalue weighted by Gasteiger charge is 2.25. The Morgan fingerprint density at radius 1 is 1.17 bits per heavy atom. The molecule has 23 heavy (non-hydrogen) atoms. The highest BCUT2D eigenvalue weighted by molar-refractivity contribution is 7.92. The number of anilines is 1. The van der Waals surface area contributed by atoms with Gasteiger partial charge < -0.3 is 0 Å². The van der Waals surface area contributed by atoms with E-state index in [2.05, 4.69) is 0 Å². The molecule has 0 saturated heterocycles. The molecule has 0 fully saturated rings. The summed E-state index contributed by atoms with van der Waals surface area (Å²) in [7, 11) is -3.83. The molecule has 0 amide bonds. The molecule has 2 rings (SSSR count). The maximum Gasteiger partial charge on any atom is 0.269 e. The van der Waals surface area contributed by atoms with E-state index in [9.17, 15) is 18.5 Å². The third-order valence-electron chi connectivity index (χ3n) is 3.43. The van der Waals surface area contributed by atoms with Crippen molar-refractivity contribution in [3.05, 3.63) is 63.2 Å². The Kier molecular flexibility index (Phi) is 4.91. The smallest absolute Gasteiger partial charge is 0.266 e. The summed E-state index contributed by atoms with van der Waals surface area (Å²) >= 11 is 6.07. The van der Waals surface area contributed by atoms with E-state index in [4.69, 9.17) is 11.6 Å². The fraction of sp³-hybridized carbons (Fsp3) is 0.200. The zero-order chi connectivity index (χ0) is 17.2. The van der Waals surface area contributed by atoms with Crippen LogP contribution in [0, 0.1) is 17.0 Å². The maximum atomic E-state index is 12.8. The molecule has 0 heterocycles. The van der Waals surface area contributed by atoms with E-state index >= 15 is 0 Å². The van der Waals surface area contributed by atoms with E-state index in [1.807, 2.05) is 0 Å². The molecule has 2 aromatic carbocycles. The van der Waals surface area contributed by atoms with Gasteiger partial charge in [-0.25, -0.2) is 8.42 Å².